The van der Waals surface area contributed by atoms with Crippen LogP contribution in [0.5, 0.6) is 0 Å². The van der Waals surface area contributed by atoms with Gasteiger partial charge >= 0.3 is 11.9 Å². The summed E-state index contributed by atoms with van der Waals surface area (Å²) in [4.78, 5) is 34.3. The van der Waals surface area contributed by atoms with Crippen LogP contribution in [-0.2, 0) is 28.6 Å². The zero-order valence-electron chi connectivity index (χ0n) is 20.7. The summed E-state index contributed by atoms with van der Waals surface area (Å²) in [6.45, 7) is 5.56. The molecule has 0 bridgehead atoms. The van der Waals surface area contributed by atoms with Crippen molar-refractivity contribution < 1.29 is 33.7 Å². The van der Waals surface area contributed by atoms with Gasteiger partial charge in [-0.05, 0) is 63.7 Å². The molecule has 32 heavy (non-hydrogen) atoms. The molecule has 7 nitrogen and oxygen atoms in total. The molecular formula is C25H44O7. The minimum Gasteiger partial charge on any atom is -0.463 e. The van der Waals surface area contributed by atoms with Gasteiger partial charge in [-0.25, -0.2) is 4.79 Å². The summed E-state index contributed by atoms with van der Waals surface area (Å²) in [5, 5.41) is 10.8. The fourth-order valence-corrected chi connectivity index (χ4v) is 4.92. The molecule has 7 heteroatoms. The normalized spacial score (nSPS) is 23.4. The van der Waals surface area contributed by atoms with E-state index in [9.17, 15) is 19.5 Å². The Balaban J connectivity index is 2.59. The molecule has 1 aliphatic rings. The molecule has 1 N–H and O–H groups in total. The van der Waals surface area contributed by atoms with Crippen LogP contribution in [0.4, 0.5) is 0 Å². The molecule has 1 rings (SSSR count). The van der Waals surface area contributed by atoms with Crippen molar-refractivity contribution in [1.82, 2.24) is 0 Å². The zero-order valence-corrected chi connectivity index (χ0v) is 20.7. The molecule has 0 aromatic heterocycles. The van der Waals surface area contributed by atoms with Gasteiger partial charge in [-0.1, -0.05) is 32.6 Å². The molecule has 0 radical (unpaired) electrons. The highest BCUT2D eigenvalue weighted by molar-refractivity contribution is 6.33. The van der Waals surface area contributed by atoms with Crippen molar-refractivity contribution in [2.75, 3.05) is 14.2 Å². The summed E-state index contributed by atoms with van der Waals surface area (Å²) in [5.74, 6) is -0.876. The Kier molecular flexibility index (Phi) is 13.1. The van der Waals surface area contributed by atoms with Crippen LogP contribution in [0.15, 0.2) is 0 Å². The molecule has 0 aromatic carbocycles. The fraction of sp³-hybridized carbons (Fsp3) is 0.880. The summed E-state index contributed by atoms with van der Waals surface area (Å²) in [7, 11) is 2.88. The van der Waals surface area contributed by atoms with Gasteiger partial charge in [0, 0.05) is 20.5 Å². The van der Waals surface area contributed by atoms with Gasteiger partial charge < -0.3 is 19.3 Å². The van der Waals surface area contributed by atoms with Crippen LogP contribution < -0.4 is 0 Å². The van der Waals surface area contributed by atoms with Crippen LogP contribution in [0.2, 0.25) is 0 Å². The van der Waals surface area contributed by atoms with Gasteiger partial charge in [-0.3, -0.25) is 9.59 Å². The van der Waals surface area contributed by atoms with E-state index in [1.807, 2.05) is 6.92 Å². The molecule has 1 saturated carbocycles. The molecule has 0 saturated heterocycles. The highest BCUT2D eigenvalue weighted by Gasteiger charge is 2.39. The Labute approximate surface area is 193 Å². The molecule has 1 fully saturated rings. The minimum absolute atomic E-state index is 0.0831. The van der Waals surface area contributed by atoms with Crippen molar-refractivity contribution in [3.05, 3.63) is 0 Å². The molecule has 0 heterocycles. The number of carbonyl (C=O) groups excluding carboxylic acids is 3. The molecule has 0 aliphatic heterocycles. The number of ketones is 1. The first kappa shape index (κ1) is 28.6. The predicted octanol–water partition coefficient (Wildman–Crippen LogP) is 4.37. The number of unbranched alkanes of at least 4 members (excludes halogenated alkanes) is 3. The Hall–Kier alpha value is -1.47. The minimum atomic E-state index is -0.781. The first-order chi connectivity index (χ1) is 15.2. The summed E-state index contributed by atoms with van der Waals surface area (Å²) in [6.07, 6.45) is 9.15. The van der Waals surface area contributed by atoms with E-state index < -0.39 is 23.5 Å². The summed E-state index contributed by atoms with van der Waals surface area (Å²) in [6, 6.07) is 0. The van der Waals surface area contributed by atoms with E-state index >= 15 is 0 Å². The number of hydrogen-bond acceptors (Lipinski definition) is 7. The van der Waals surface area contributed by atoms with Crippen LogP contribution in [0, 0.1) is 11.8 Å². The Morgan fingerprint density at radius 3 is 2.38 bits per heavy atom. The van der Waals surface area contributed by atoms with Gasteiger partial charge in [0.05, 0.1) is 18.8 Å². The lowest BCUT2D eigenvalue weighted by Crippen LogP contribution is -2.41. The second-order valence-electron chi connectivity index (χ2n) is 9.38. The predicted molar refractivity (Wildman–Crippen MR) is 122 cm³/mol. The van der Waals surface area contributed by atoms with Crippen molar-refractivity contribution in [1.29, 1.82) is 0 Å². The molecule has 186 valence electrons. The Bertz CT molecular complexity index is 591. The summed E-state index contributed by atoms with van der Waals surface area (Å²) in [5.41, 5.74) is -0.536. The average molecular weight is 457 g/mol. The molecule has 0 aromatic rings. The topological polar surface area (TPSA) is 99.1 Å². The number of rotatable bonds is 16. The first-order valence-electron chi connectivity index (χ1n) is 12.2. The van der Waals surface area contributed by atoms with E-state index in [0.29, 0.717) is 18.8 Å². The van der Waals surface area contributed by atoms with Crippen molar-refractivity contribution in [2.45, 2.75) is 116 Å². The third kappa shape index (κ3) is 9.18. The molecule has 0 spiro atoms. The third-order valence-electron chi connectivity index (χ3n) is 7.09. The van der Waals surface area contributed by atoms with E-state index in [0.717, 1.165) is 57.8 Å². The number of aliphatic hydroxyl groups excluding tert-OH is 1. The maximum absolute atomic E-state index is 11.6. The lowest BCUT2D eigenvalue weighted by atomic mass is 9.82. The van der Waals surface area contributed by atoms with E-state index in [2.05, 4.69) is 11.7 Å². The van der Waals surface area contributed by atoms with Gasteiger partial charge in [-0.2, -0.15) is 0 Å². The maximum Gasteiger partial charge on any atom is 0.374 e. The number of aliphatic hydroxyl groups is 1. The number of esters is 2. The van der Waals surface area contributed by atoms with Crippen LogP contribution in [0.3, 0.4) is 0 Å². The smallest absolute Gasteiger partial charge is 0.374 e. The highest BCUT2D eigenvalue weighted by Crippen LogP contribution is 2.41. The number of Topliss-reactive ketones (excluding diaryl/α,β-unsaturated/α-hetero) is 1. The molecule has 5 atom stereocenters. The zero-order chi connectivity index (χ0) is 24.1. The van der Waals surface area contributed by atoms with Crippen LogP contribution in [0.25, 0.3) is 0 Å². The van der Waals surface area contributed by atoms with Crippen molar-refractivity contribution in [3.8, 4) is 0 Å². The van der Waals surface area contributed by atoms with E-state index in [1.165, 1.54) is 14.0 Å². The third-order valence-corrected chi connectivity index (χ3v) is 7.09. The second kappa shape index (κ2) is 14.6. The fourth-order valence-electron chi connectivity index (χ4n) is 4.92. The van der Waals surface area contributed by atoms with Gasteiger partial charge in [-0.15, -0.1) is 0 Å². The number of hydrogen-bond donors (Lipinski definition) is 1. The van der Waals surface area contributed by atoms with Crippen molar-refractivity contribution in [3.63, 3.8) is 0 Å². The quantitative estimate of drug-likeness (QED) is 0.209. The van der Waals surface area contributed by atoms with Crippen LogP contribution in [0.1, 0.15) is 97.8 Å². The highest BCUT2D eigenvalue weighted by atomic mass is 16.5. The first-order valence-corrected chi connectivity index (χ1v) is 12.2. The molecule has 0 amide bonds. The molecule has 2 unspecified atom stereocenters. The summed E-state index contributed by atoms with van der Waals surface area (Å²) >= 11 is 0. The number of methoxy groups -OCH3 is 2. The SMILES string of the molecule is CCCCC(C)(OC)C(O)CC[C@H]1CC[C@H](OC(C)=O)[C@@H]1CCCCCC(=O)C(=O)OC. The second-order valence-corrected chi connectivity index (χ2v) is 9.38. The van der Waals surface area contributed by atoms with Crippen molar-refractivity contribution >= 4 is 17.7 Å². The lowest BCUT2D eigenvalue weighted by molar-refractivity contribution is -0.151. The Morgan fingerprint density at radius 1 is 1.06 bits per heavy atom. The van der Waals surface area contributed by atoms with E-state index in [4.69, 9.17) is 9.47 Å². The molecule has 1 aliphatic carbocycles. The van der Waals surface area contributed by atoms with Gasteiger partial charge in [0.25, 0.3) is 0 Å². The monoisotopic (exact) mass is 456 g/mol. The largest absolute Gasteiger partial charge is 0.463 e. The average Bonchev–Trinajstić information content (AvgIpc) is 3.15. The van der Waals surface area contributed by atoms with E-state index in [1.54, 1.807) is 7.11 Å². The number of ether oxygens (including phenoxy) is 3. The van der Waals surface area contributed by atoms with E-state index in [-0.39, 0.29) is 24.4 Å². The van der Waals surface area contributed by atoms with Gasteiger partial charge in [0.1, 0.15) is 6.10 Å². The molecular weight excluding hydrogens is 412 g/mol. The van der Waals surface area contributed by atoms with Gasteiger partial charge in [0.15, 0.2) is 0 Å². The summed E-state index contributed by atoms with van der Waals surface area (Å²) < 4.78 is 15.7. The lowest BCUT2D eigenvalue weighted by Gasteiger charge is -2.34. The maximum atomic E-state index is 11.6. The standard InChI is InChI=1S/C25H44O7/c1-6-7-17-25(3,31-5)23(28)16-14-19-13-15-22(32-18(2)26)20(19)11-9-8-10-12-21(27)24(29)30-4/h19-20,22-23,28H,6-17H2,1-5H3/t19-,20-,22+,23?,25?/m1/s1. The number of carbonyl (C=O) groups is 3. The van der Waals surface area contributed by atoms with Crippen molar-refractivity contribution in [2.24, 2.45) is 11.8 Å². The van der Waals surface area contributed by atoms with Gasteiger partial charge in [0.2, 0.25) is 5.78 Å². The Morgan fingerprint density at radius 2 is 1.78 bits per heavy atom. The van der Waals surface area contributed by atoms with Crippen LogP contribution >= 0.6 is 0 Å². The van der Waals surface area contributed by atoms with Crippen LogP contribution in [-0.4, -0.2) is 54.9 Å².